The molecular formula is C20H21FO4. The van der Waals surface area contributed by atoms with Crippen molar-refractivity contribution >= 4 is 0 Å². The van der Waals surface area contributed by atoms with E-state index < -0.39 is 6.67 Å². The smallest absolute Gasteiger partial charge is 0.119 e. The molecule has 0 radical (unpaired) electrons. The summed E-state index contributed by atoms with van der Waals surface area (Å²) in [7, 11) is 0. The first kappa shape index (κ1) is 18.8. The molecule has 0 spiro atoms. The Labute approximate surface area is 147 Å². The van der Waals surface area contributed by atoms with E-state index >= 15 is 0 Å². The molecule has 25 heavy (non-hydrogen) atoms. The van der Waals surface area contributed by atoms with Gasteiger partial charge in [-0.05, 0) is 48.5 Å². The van der Waals surface area contributed by atoms with Crippen molar-refractivity contribution in [1.29, 1.82) is 0 Å². The lowest BCUT2D eigenvalue weighted by molar-refractivity contribution is 0.0325. The van der Waals surface area contributed by atoms with Crippen LogP contribution in [0.15, 0.2) is 48.5 Å². The molecule has 0 aromatic heterocycles. The van der Waals surface area contributed by atoms with Gasteiger partial charge in [-0.25, -0.2) is 4.39 Å². The largest absolute Gasteiger partial charge is 0.508 e. The predicted molar refractivity (Wildman–Crippen MR) is 93.6 cm³/mol. The highest BCUT2D eigenvalue weighted by molar-refractivity contribution is 5.45. The van der Waals surface area contributed by atoms with E-state index in [1.54, 1.807) is 24.3 Å². The van der Waals surface area contributed by atoms with Gasteiger partial charge in [0.1, 0.15) is 24.8 Å². The third-order valence-electron chi connectivity index (χ3n) is 3.16. The van der Waals surface area contributed by atoms with E-state index in [1.165, 1.54) is 0 Å². The van der Waals surface area contributed by atoms with Gasteiger partial charge in [0.2, 0.25) is 0 Å². The molecule has 4 nitrogen and oxygen atoms in total. The molecule has 0 unspecified atom stereocenters. The van der Waals surface area contributed by atoms with Gasteiger partial charge in [-0.3, -0.25) is 0 Å². The molecule has 0 saturated heterocycles. The van der Waals surface area contributed by atoms with Gasteiger partial charge in [0.05, 0.1) is 26.4 Å². The van der Waals surface area contributed by atoms with Crippen molar-refractivity contribution in [3.63, 3.8) is 0 Å². The second-order valence-electron chi connectivity index (χ2n) is 5.08. The second-order valence-corrected chi connectivity index (χ2v) is 5.08. The SMILES string of the molecule is Oc1ccc(C#Cc2ccc(OCCOCCOCCF)cc2)cc1. The van der Waals surface area contributed by atoms with Crippen LogP contribution in [0.5, 0.6) is 11.5 Å². The lowest BCUT2D eigenvalue weighted by Gasteiger charge is -2.07. The van der Waals surface area contributed by atoms with Crippen molar-refractivity contribution in [3.05, 3.63) is 59.7 Å². The van der Waals surface area contributed by atoms with E-state index in [4.69, 9.17) is 14.2 Å². The fourth-order valence-electron chi connectivity index (χ4n) is 1.92. The fraction of sp³-hybridized carbons (Fsp3) is 0.300. The van der Waals surface area contributed by atoms with Crippen LogP contribution in [0.1, 0.15) is 11.1 Å². The molecule has 0 amide bonds. The van der Waals surface area contributed by atoms with Gasteiger partial charge in [-0.2, -0.15) is 0 Å². The van der Waals surface area contributed by atoms with Gasteiger partial charge in [-0.15, -0.1) is 0 Å². The highest BCUT2D eigenvalue weighted by Gasteiger charge is 1.95. The van der Waals surface area contributed by atoms with E-state index in [1.807, 2.05) is 24.3 Å². The van der Waals surface area contributed by atoms with Gasteiger partial charge < -0.3 is 19.3 Å². The van der Waals surface area contributed by atoms with Crippen LogP contribution in [0.3, 0.4) is 0 Å². The molecule has 0 bridgehead atoms. The Morgan fingerprint density at radius 2 is 1.24 bits per heavy atom. The average molecular weight is 344 g/mol. The maximum absolute atomic E-state index is 11.8. The van der Waals surface area contributed by atoms with Crippen molar-refractivity contribution in [3.8, 4) is 23.3 Å². The fourth-order valence-corrected chi connectivity index (χ4v) is 1.92. The molecular weight excluding hydrogens is 323 g/mol. The summed E-state index contributed by atoms with van der Waals surface area (Å²) in [5.74, 6) is 7.06. The number of halogens is 1. The van der Waals surface area contributed by atoms with E-state index in [0.717, 1.165) is 16.9 Å². The van der Waals surface area contributed by atoms with Gasteiger partial charge in [0.15, 0.2) is 0 Å². The molecule has 0 atom stereocenters. The van der Waals surface area contributed by atoms with Crippen LogP contribution in [0.4, 0.5) is 4.39 Å². The minimum absolute atomic E-state index is 0.113. The van der Waals surface area contributed by atoms with E-state index in [0.29, 0.717) is 26.4 Å². The maximum atomic E-state index is 11.8. The Morgan fingerprint density at radius 1 is 0.720 bits per heavy atom. The molecule has 2 rings (SSSR count). The number of hydrogen-bond acceptors (Lipinski definition) is 4. The van der Waals surface area contributed by atoms with Gasteiger partial charge in [-0.1, -0.05) is 11.8 Å². The number of rotatable bonds is 9. The number of ether oxygens (including phenoxy) is 3. The van der Waals surface area contributed by atoms with Gasteiger partial charge >= 0.3 is 0 Å². The highest BCUT2D eigenvalue weighted by Crippen LogP contribution is 2.12. The summed E-state index contributed by atoms with van der Waals surface area (Å²) in [6, 6.07) is 14.2. The zero-order valence-electron chi connectivity index (χ0n) is 13.9. The Morgan fingerprint density at radius 3 is 1.84 bits per heavy atom. The zero-order chi connectivity index (χ0) is 17.7. The monoisotopic (exact) mass is 344 g/mol. The van der Waals surface area contributed by atoms with E-state index in [2.05, 4.69) is 11.8 Å². The topological polar surface area (TPSA) is 47.9 Å². The molecule has 5 heteroatoms. The molecule has 0 saturated carbocycles. The number of alkyl halides is 1. The first-order chi connectivity index (χ1) is 12.3. The highest BCUT2D eigenvalue weighted by atomic mass is 19.1. The number of benzene rings is 2. The molecule has 132 valence electrons. The molecule has 2 aromatic carbocycles. The maximum Gasteiger partial charge on any atom is 0.119 e. The van der Waals surface area contributed by atoms with Crippen molar-refractivity contribution in [2.75, 3.05) is 39.7 Å². The van der Waals surface area contributed by atoms with E-state index in [-0.39, 0.29) is 12.4 Å². The minimum Gasteiger partial charge on any atom is -0.508 e. The van der Waals surface area contributed by atoms with Crippen LogP contribution >= 0.6 is 0 Å². The summed E-state index contributed by atoms with van der Waals surface area (Å²) in [6.07, 6.45) is 0. The first-order valence-corrected chi connectivity index (χ1v) is 8.03. The molecule has 0 aliphatic heterocycles. The van der Waals surface area contributed by atoms with Crippen molar-refractivity contribution < 1.29 is 23.7 Å². The second kappa shape index (κ2) is 11.1. The minimum atomic E-state index is -0.474. The summed E-state index contributed by atoms with van der Waals surface area (Å²) in [5.41, 5.74) is 1.72. The third-order valence-corrected chi connectivity index (χ3v) is 3.16. The summed E-state index contributed by atoms with van der Waals surface area (Å²) >= 11 is 0. The van der Waals surface area contributed by atoms with Gasteiger partial charge in [0.25, 0.3) is 0 Å². The Kier molecular flexibility index (Phi) is 8.33. The summed E-state index contributed by atoms with van der Waals surface area (Å²) in [5, 5.41) is 9.23. The molecule has 0 fully saturated rings. The van der Waals surface area contributed by atoms with Crippen molar-refractivity contribution in [2.45, 2.75) is 0 Å². The molecule has 2 aromatic rings. The predicted octanol–water partition coefficient (Wildman–Crippen LogP) is 3.17. The average Bonchev–Trinajstić information content (AvgIpc) is 2.64. The zero-order valence-corrected chi connectivity index (χ0v) is 13.9. The molecule has 0 aliphatic carbocycles. The normalized spacial score (nSPS) is 10.1. The summed E-state index contributed by atoms with van der Waals surface area (Å²) in [4.78, 5) is 0. The molecule has 1 N–H and O–H groups in total. The van der Waals surface area contributed by atoms with Crippen LogP contribution in [0.2, 0.25) is 0 Å². The van der Waals surface area contributed by atoms with Crippen LogP contribution in [0, 0.1) is 11.8 Å². The number of hydrogen-bond donors (Lipinski definition) is 1. The van der Waals surface area contributed by atoms with Crippen molar-refractivity contribution in [2.24, 2.45) is 0 Å². The summed E-state index contributed by atoms with van der Waals surface area (Å²) in [6.45, 7) is 1.33. The quantitative estimate of drug-likeness (QED) is 0.561. The molecule has 0 aliphatic rings. The summed E-state index contributed by atoms with van der Waals surface area (Å²) < 4.78 is 27.6. The van der Waals surface area contributed by atoms with Gasteiger partial charge in [0, 0.05) is 11.1 Å². The number of phenolic OH excluding ortho intramolecular Hbond substituents is 1. The Hall–Kier alpha value is -2.55. The number of aromatic hydroxyl groups is 1. The lowest BCUT2D eigenvalue weighted by Crippen LogP contribution is -2.11. The number of phenols is 1. The van der Waals surface area contributed by atoms with E-state index in [9.17, 15) is 9.50 Å². The Balaban J connectivity index is 1.69. The lowest BCUT2D eigenvalue weighted by atomic mass is 10.2. The van der Waals surface area contributed by atoms with Crippen LogP contribution in [-0.4, -0.2) is 44.8 Å². The van der Waals surface area contributed by atoms with Crippen LogP contribution < -0.4 is 4.74 Å². The van der Waals surface area contributed by atoms with Crippen LogP contribution in [0.25, 0.3) is 0 Å². The standard InChI is InChI=1S/C20H21FO4/c21-11-12-23-13-14-24-15-16-25-20-9-5-18(6-10-20)2-1-17-3-7-19(22)8-4-17/h3-10,22H,11-16H2. The van der Waals surface area contributed by atoms with Crippen molar-refractivity contribution in [1.82, 2.24) is 0 Å². The Bertz CT molecular complexity index is 672. The van der Waals surface area contributed by atoms with Crippen LogP contribution in [-0.2, 0) is 9.47 Å². The third kappa shape index (κ3) is 7.71. The first-order valence-electron chi connectivity index (χ1n) is 8.03. The molecule has 0 heterocycles.